The van der Waals surface area contributed by atoms with Crippen LogP contribution in [0.3, 0.4) is 0 Å². The minimum absolute atomic E-state index is 0.0570. The number of amides is 2. The molecule has 7 nitrogen and oxygen atoms in total. The SMILES string of the molecule is CCCC(c1ccc(C(=O)NCCC(=O)O)cc1)N1C(=O)C(c2ccc(F)cc2)=NC12CCC(CC)CC2. The van der Waals surface area contributed by atoms with E-state index in [1.54, 1.807) is 24.3 Å². The summed E-state index contributed by atoms with van der Waals surface area (Å²) in [6.07, 6.45) is 6.11. The van der Waals surface area contributed by atoms with Gasteiger partial charge in [0.25, 0.3) is 11.8 Å². The largest absolute Gasteiger partial charge is 0.481 e. The van der Waals surface area contributed by atoms with Gasteiger partial charge in [0.05, 0.1) is 12.5 Å². The number of carbonyl (C=O) groups excluding carboxylic acids is 2. The Morgan fingerprint density at radius 1 is 1.11 bits per heavy atom. The molecule has 4 rings (SSSR count). The molecule has 1 unspecified atom stereocenters. The van der Waals surface area contributed by atoms with E-state index in [9.17, 15) is 18.8 Å². The van der Waals surface area contributed by atoms with Gasteiger partial charge in [0, 0.05) is 17.7 Å². The van der Waals surface area contributed by atoms with Crippen molar-refractivity contribution < 1.29 is 23.9 Å². The van der Waals surface area contributed by atoms with Crippen LogP contribution in [0.2, 0.25) is 0 Å². The van der Waals surface area contributed by atoms with Crippen molar-refractivity contribution >= 4 is 23.5 Å². The summed E-state index contributed by atoms with van der Waals surface area (Å²) in [4.78, 5) is 44.3. The van der Waals surface area contributed by atoms with Crippen LogP contribution in [0.15, 0.2) is 53.5 Å². The van der Waals surface area contributed by atoms with E-state index < -0.39 is 11.6 Å². The van der Waals surface area contributed by atoms with Crippen molar-refractivity contribution in [2.24, 2.45) is 10.9 Å². The molecular formula is C30H36FN3O4. The maximum Gasteiger partial charge on any atom is 0.305 e. The number of aliphatic imine (C=N–C) groups is 1. The Bertz CT molecular complexity index is 1180. The van der Waals surface area contributed by atoms with Gasteiger partial charge in [0.2, 0.25) is 0 Å². The second-order valence-electron chi connectivity index (χ2n) is 10.3. The first-order chi connectivity index (χ1) is 18.3. The van der Waals surface area contributed by atoms with Crippen LogP contribution >= 0.6 is 0 Å². The summed E-state index contributed by atoms with van der Waals surface area (Å²) in [7, 11) is 0. The molecule has 1 atom stereocenters. The molecule has 8 heteroatoms. The summed E-state index contributed by atoms with van der Waals surface area (Å²) in [5.74, 6) is -1.18. The first-order valence-corrected chi connectivity index (χ1v) is 13.6. The summed E-state index contributed by atoms with van der Waals surface area (Å²) in [5, 5.41) is 11.4. The van der Waals surface area contributed by atoms with Gasteiger partial charge >= 0.3 is 5.97 Å². The lowest BCUT2D eigenvalue weighted by Crippen LogP contribution is -2.50. The molecule has 38 heavy (non-hydrogen) atoms. The zero-order valence-corrected chi connectivity index (χ0v) is 22.1. The van der Waals surface area contributed by atoms with Gasteiger partial charge in [0.1, 0.15) is 17.2 Å². The number of benzene rings is 2. The van der Waals surface area contributed by atoms with Crippen molar-refractivity contribution in [3.8, 4) is 0 Å². The Labute approximate surface area is 223 Å². The monoisotopic (exact) mass is 521 g/mol. The highest BCUT2D eigenvalue weighted by molar-refractivity contribution is 6.46. The van der Waals surface area contributed by atoms with Crippen LogP contribution in [0.1, 0.15) is 92.7 Å². The highest BCUT2D eigenvalue weighted by atomic mass is 19.1. The average molecular weight is 522 g/mol. The molecule has 2 aromatic rings. The topological polar surface area (TPSA) is 99.1 Å². The molecule has 0 bridgehead atoms. The Balaban J connectivity index is 1.65. The maximum atomic E-state index is 14.0. The number of hydrogen-bond acceptors (Lipinski definition) is 4. The summed E-state index contributed by atoms with van der Waals surface area (Å²) in [6.45, 7) is 4.34. The Morgan fingerprint density at radius 3 is 2.34 bits per heavy atom. The van der Waals surface area contributed by atoms with Crippen molar-refractivity contribution in [1.29, 1.82) is 0 Å². The van der Waals surface area contributed by atoms with Crippen LogP contribution in [-0.4, -0.2) is 45.7 Å². The zero-order chi connectivity index (χ0) is 27.3. The van der Waals surface area contributed by atoms with Crippen molar-refractivity contribution in [3.63, 3.8) is 0 Å². The number of nitrogens with zero attached hydrogens (tertiary/aromatic N) is 2. The van der Waals surface area contributed by atoms with E-state index in [4.69, 9.17) is 10.1 Å². The van der Waals surface area contributed by atoms with Crippen LogP contribution < -0.4 is 5.32 Å². The maximum absolute atomic E-state index is 14.0. The average Bonchev–Trinajstić information content (AvgIpc) is 3.19. The molecule has 1 heterocycles. The van der Waals surface area contributed by atoms with Crippen molar-refractivity contribution in [1.82, 2.24) is 10.2 Å². The molecule has 202 valence electrons. The minimum atomic E-state index is -0.970. The van der Waals surface area contributed by atoms with Gasteiger partial charge in [-0.2, -0.15) is 0 Å². The van der Waals surface area contributed by atoms with E-state index in [0.29, 0.717) is 22.8 Å². The predicted octanol–water partition coefficient (Wildman–Crippen LogP) is 5.50. The fourth-order valence-corrected chi connectivity index (χ4v) is 5.70. The molecule has 2 aromatic carbocycles. The highest BCUT2D eigenvalue weighted by Gasteiger charge is 2.51. The Morgan fingerprint density at radius 2 is 1.76 bits per heavy atom. The number of carbonyl (C=O) groups is 3. The summed E-state index contributed by atoms with van der Waals surface area (Å²) in [5.41, 5.74) is 1.73. The molecule has 2 N–H and O–H groups in total. The molecular weight excluding hydrogens is 485 g/mol. The lowest BCUT2D eigenvalue weighted by molar-refractivity contribution is -0.137. The lowest BCUT2D eigenvalue weighted by Gasteiger charge is -2.45. The Hall–Kier alpha value is -3.55. The van der Waals surface area contributed by atoms with Crippen LogP contribution in [0, 0.1) is 11.7 Å². The molecule has 0 radical (unpaired) electrons. The third kappa shape index (κ3) is 5.79. The van der Waals surface area contributed by atoms with Gasteiger partial charge in [-0.05, 0) is 80.0 Å². The van der Waals surface area contributed by atoms with E-state index in [1.165, 1.54) is 12.1 Å². The number of hydrogen-bond donors (Lipinski definition) is 2. The zero-order valence-electron chi connectivity index (χ0n) is 22.1. The van der Waals surface area contributed by atoms with Crippen LogP contribution in [0.4, 0.5) is 4.39 Å². The smallest absolute Gasteiger partial charge is 0.305 e. The number of carboxylic acid groups (broad SMARTS) is 1. The third-order valence-corrected chi connectivity index (χ3v) is 7.85. The van der Waals surface area contributed by atoms with Crippen LogP contribution in [-0.2, 0) is 9.59 Å². The quantitative estimate of drug-likeness (QED) is 0.431. The molecule has 0 aromatic heterocycles. The number of nitrogens with one attached hydrogen (secondary N) is 1. The molecule has 2 aliphatic rings. The normalized spacial score (nSPS) is 21.9. The van der Waals surface area contributed by atoms with Gasteiger partial charge in [-0.3, -0.25) is 19.4 Å². The van der Waals surface area contributed by atoms with Gasteiger partial charge in [0.15, 0.2) is 0 Å². The van der Waals surface area contributed by atoms with Crippen LogP contribution in [0.25, 0.3) is 0 Å². The van der Waals surface area contributed by atoms with Gasteiger partial charge in [-0.25, -0.2) is 4.39 Å². The molecule has 2 amide bonds. The highest BCUT2D eigenvalue weighted by Crippen LogP contribution is 2.47. The second-order valence-corrected chi connectivity index (χ2v) is 10.3. The van der Waals surface area contributed by atoms with Gasteiger partial charge in [-0.1, -0.05) is 38.8 Å². The van der Waals surface area contributed by atoms with Crippen molar-refractivity contribution in [2.45, 2.75) is 76.9 Å². The lowest BCUT2D eigenvalue weighted by atomic mass is 9.79. The van der Waals surface area contributed by atoms with Crippen molar-refractivity contribution in [3.05, 3.63) is 71.0 Å². The molecule has 1 fully saturated rings. The number of carboxylic acids is 1. The third-order valence-electron chi connectivity index (χ3n) is 7.85. The van der Waals surface area contributed by atoms with Crippen molar-refractivity contribution in [2.75, 3.05) is 6.54 Å². The first-order valence-electron chi connectivity index (χ1n) is 13.6. The molecule has 1 spiro atoms. The first kappa shape index (κ1) is 27.5. The van der Waals surface area contributed by atoms with E-state index in [0.717, 1.165) is 50.5 Å². The van der Waals surface area contributed by atoms with E-state index >= 15 is 0 Å². The standard InChI is InChI=1S/C30H36FN3O4/c1-3-5-25(21-6-8-23(9-7-21)28(37)32-19-16-26(35)36)34-29(38)27(22-10-12-24(31)13-11-22)33-30(34)17-14-20(4-2)15-18-30/h6-13,20,25H,3-5,14-19H2,1-2H3,(H,32,37)(H,35,36). The Kier molecular flexibility index (Phi) is 8.59. The van der Waals surface area contributed by atoms with E-state index in [2.05, 4.69) is 19.2 Å². The second kappa shape index (κ2) is 11.9. The fourth-order valence-electron chi connectivity index (χ4n) is 5.70. The van der Waals surface area contributed by atoms with Crippen LogP contribution in [0.5, 0.6) is 0 Å². The molecule has 1 aliphatic heterocycles. The fraction of sp³-hybridized carbons (Fsp3) is 0.467. The van der Waals surface area contributed by atoms with Gasteiger partial charge in [-0.15, -0.1) is 0 Å². The number of aliphatic carboxylic acids is 1. The molecule has 1 aliphatic carbocycles. The van der Waals surface area contributed by atoms with E-state index in [-0.39, 0.29) is 36.6 Å². The number of halogens is 1. The molecule has 0 saturated heterocycles. The summed E-state index contributed by atoms with van der Waals surface area (Å²) < 4.78 is 13.6. The van der Waals surface area contributed by atoms with Gasteiger partial charge < -0.3 is 15.3 Å². The predicted molar refractivity (Wildman–Crippen MR) is 143 cm³/mol. The minimum Gasteiger partial charge on any atom is -0.481 e. The van der Waals surface area contributed by atoms with E-state index in [1.807, 2.05) is 17.0 Å². The summed E-state index contributed by atoms with van der Waals surface area (Å²) in [6, 6.07) is 12.9. The summed E-state index contributed by atoms with van der Waals surface area (Å²) >= 11 is 0. The number of rotatable bonds is 10. The molecule has 1 saturated carbocycles.